The minimum atomic E-state index is -0.226. The molecule has 0 fully saturated rings. The Morgan fingerprint density at radius 1 is 0.833 bits per heavy atom. The van der Waals surface area contributed by atoms with Gasteiger partial charge in [0, 0.05) is 5.56 Å². The lowest BCUT2D eigenvalue weighted by Gasteiger charge is -2.07. The van der Waals surface area contributed by atoms with Crippen LogP contribution in [0.4, 0.5) is 0 Å². The van der Waals surface area contributed by atoms with E-state index in [0.29, 0.717) is 5.56 Å². The van der Waals surface area contributed by atoms with Gasteiger partial charge in [0.15, 0.2) is 0 Å². The summed E-state index contributed by atoms with van der Waals surface area (Å²) in [5.41, 5.74) is 6.15. The van der Waals surface area contributed by atoms with Crippen molar-refractivity contribution in [3.63, 3.8) is 0 Å². The molecule has 0 unspecified atom stereocenters. The fraction of sp³-hybridized carbons (Fsp3) is 0.462. The number of ether oxygens (including phenoxy) is 1. The first-order chi connectivity index (χ1) is 14.6. The molecule has 1 amide bonds. The number of amides is 1. The van der Waals surface area contributed by atoms with Crippen molar-refractivity contribution in [3.8, 4) is 5.75 Å². The number of hydrogen-bond donors (Lipinski definition) is 1. The molecule has 0 saturated heterocycles. The summed E-state index contributed by atoms with van der Waals surface area (Å²) >= 11 is 0. The summed E-state index contributed by atoms with van der Waals surface area (Å²) < 4.78 is 5.79. The standard InChI is InChI=1S/C26H36N2O2/c1-4-5-6-7-8-9-10-11-20-30-25-18-16-24(17-19-25)26(29)28-27-22(3)23-14-12-21(2)13-15-23/h12-19H,4-11,20H2,1-3H3,(H,28,29)/b27-22-. The number of nitrogens with one attached hydrogen (secondary N) is 1. The first-order valence-electron chi connectivity index (χ1n) is 11.2. The van der Waals surface area contributed by atoms with Crippen molar-refractivity contribution in [3.05, 3.63) is 65.2 Å². The van der Waals surface area contributed by atoms with E-state index in [1.165, 1.54) is 50.5 Å². The highest BCUT2D eigenvalue weighted by Gasteiger charge is 2.05. The van der Waals surface area contributed by atoms with Crippen LogP contribution in [0.2, 0.25) is 0 Å². The van der Waals surface area contributed by atoms with Crippen LogP contribution in [0.15, 0.2) is 53.6 Å². The van der Waals surface area contributed by atoms with Gasteiger partial charge in [0.2, 0.25) is 0 Å². The maximum absolute atomic E-state index is 12.3. The van der Waals surface area contributed by atoms with Crippen LogP contribution in [0.25, 0.3) is 0 Å². The number of nitrogens with zero attached hydrogens (tertiary/aromatic N) is 1. The van der Waals surface area contributed by atoms with Crippen LogP contribution in [0.3, 0.4) is 0 Å². The highest BCUT2D eigenvalue weighted by molar-refractivity contribution is 6.00. The second kappa shape index (κ2) is 13.6. The van der Waals surface area contributed by atoms with Gasteiger partial charge in [-0.1, -0.05) is 81.7 Å². The molecule has 162 valence electrons. The lowest BCUT2D eigenvalue weighted by Crippen LogP contribution is -2.19. The Kier molecular flexibility index (Phi) is 10.7. The van der Waals surface area contributed by atoms with Gasteiger partial charge in [-0.2, -0.15) is 5.10 Å². The number of carbonyl (C=O) groups is 1. The molecule has 0 aromatic heterocycles. The molecule has 0 bridgehead atoms. The highest BCUT2D eigenvalue weighted by Crippen LogP contribution is 2.14. The zero-order chi connectivity index (χ0) is 21.6. The van der Waals surface area contributed by atoms with Gasteiger partial charge >= 0.3 is 0 Å². The topological polar surface area (TPSA) is 50.7 Å². The van der Waals surface area contributed by atoms with E-state index in [1.54, 1.807) is 12.1 Å². The normalized spacial score (nSPS) is 11.4. The number of aryl methyl sites for hydroxylation is 1. The number of hydrogen-bond acceptors (Lipinski definition) is 3. The van der Waals surface area contributed by atoms with Gasteiger partial charge in [-0.15, -0.1) is 0 Å². The third-order valence-electron chi connectivity index (χ3n) is 5.18. The van der Waals surface area contributed by atoms with Crippen LogP contribution in [-0.4, -0.2) is 18.2 Å². The lowest BCUT2D eigenvalue weighted by molar-refractivity contribution is 0.0955. The average molecular weight is 409 g/mol. The number of rotatable bonds is 13. The predicted octanol–water partition coefficient (Wildman–Crippen LogP) is 6.67. The van der Waals surface area contributed by atoms with Crippen LogP contribution < -0.4 is 10.2 Å². The Morgan fingerprint density at radius 3 is 2.03 bits per heavy atom. The average Bonchev–Trinajstić information content (AvgIpc) is 2.77. The van der Waals surface area contributed by atoms with E-state index >= 15 is 0 Å². The van der Waals surface area contributed by atoms with Gasteiger partial charge in [0.25, 0.3) is 5.91 Å². The Labute approximate surface area is 181 Å². The molecule has 2 aromatic rings. The molecule has 2 rings (SSSR count). The minimum Gasteiger partial charge on any atom is -0.494 e. The fourth-order valence-corrected chi connectivity index (χ4v) is 3.19. The fourth-order valence-electron chi connectivity index (χ4n) is 3.19. The Bertz CT molecular complexity index is 780. The van der Waals surface area contributed by atoms with Crippen LogP contribution in [0, 0.1) is 6.92 Å². The predicted molar refractivity (Wildman–Crippen MR) is 125 cm³/mol. The number of benzene rings is 2. The summed E-state index contributed by atoms with van der Waals surface area (Å²) in [6.07, 6.45) is 10.3. The van der Waals surface area contributed by atoms with Gasteiger partial charge in [0.05, 0.1) is 12.3 Å². The van der Waals surface area contributed by atoms with Crippen LogP contribution >= 0.6 is 0 Å². The maximum atomic E-state index is 12.3. The van der Waals surface area contributed by atoms with Crippen molar-refractivity contribution < 1.29 is 9.53 Å². The van der Waals surface area contributed by atoms with E-state index in [2.05, 4.69) is 17.5 Å². The molecule has 1 N–H and O–H groups in total. The van der Waals surface area contributed by atoms with Crippen LogP contribution in [0.5, 0.6) is 5.75 Å². The number of hydrazone groups is 1. The molecule has 0 spiro atoms. The minimum absolute atomic E-state index is 0.226. The van der Waals surface area contributed by atoms with Crippen molar-refractivity contribution in [1.82, 2.24) is 5.43 Å². The Hall–Kier alpha value is -2.62. The van der Waals surface area contributed by atoms with E-state index in [4.69, 9.17) is 4.74 Å². The molecule has 0 saturated carbocycles. The molecule has 0 aliphatic rings. The molecule has 0 aliphatic carbocycles. The smallest absolute Gasteiger partial charge is 0.271 e. The maximum Gasteiger partial charge on any atom is 0.271 e. The number of unbranched alkanes of at least 4 members (excludes halogenated alkanes) is 7. The molecule has 30 heavy (non-hydrogen) atoms. The molecule has 2 aromatic carbocycles. The van der Waals surface area contributed by atoms with E-state index in [0.717, 1.165) is 30.1 Å². The first kappa shape index (κ1) is 23.7. The van der Waals surface area contributed by atoms with Gasteiger partial charge in [-0.3, -0.25) is 4.79 Å². The summed E-state index contributed by atoms with van der Waals surface area (Å²) in [5, 5.41) is 4.21. The van der Waals surface area contributed by atoms with Crippen molar-refractivity contribution in [2.75, 3.05) is 6.61 Å². The molecular formula is C26H36N2O2. The van der Waals surface area contributed by atoms with Crippen molar-refractivity contribution in [2.24, 2.45) is 5.10 Å². The van der Waals surface area contributed by atoms with Gasteiger partial charge in [-0.05, 0) is 50.1 Å². The lowest BCUT2D eigenvalue weighted by atomic mass is 10.1. The molecular weight excluding hydrogens is 372 g/mol. The van der Waals surface area contributed by atoms with E-state index in [-0.39, 0.29) is 5.91 Å². The summed E-state index contributed by atoms with van der Waals surface area (Å²) in [6, 6.07) is 15.3. The molecule has 0 aliphatic heterocycles. The largest absolute Gasteiger partial charge is 0.494 e. The molecule has 0 atom stereocenters. The Morgan fingerprint density at radius 2 is 1.40 bits per heavy atom. The van der Waals surface area contributed by atoms with E-state index in [9.17, 15) is 4.79 Å². The van der Waals surface area contributed by atoms with Gasteiger partial charge < -0.3 is 4.74 Å². The monoisotopic (exact) mass is 408 g/mol. The second-order valence-corrected chi connectivity index (χ2v) is 7.85. The summed E-state index contributed by atoms with van der Waals surface area (Å²) in [7, 11) is 0. The summed E-state index contributed by atoms with van der Waals surface area (Å²) in [4.78, 5) is 12.3. The third kappa shape index (κ3) is 8.81. The van der Waals surface area contributed by atoms with Gasteiger partial charge in [0.1, 0.15) is 5.75 Å². The zero-order valence-electron chi connectivity index (χ0n) is 18.7. The van der Waals surface area contributed by atoms with Crippen LogP contribution in [0.1, 0.15) is 86.7 Å². The Balaban J connectivity index is 1.68. The summed E-state index contributed by atoms with van der Waals surface area (Å²) in [5.74, 6) is 0.574. The SMILES string of the molecule is CCCCCCCCCCOc1ccc(C(=O)N/N=C(/C)c2ccc(C)cc2)cc1. The van der Waals surface area contributed by atoms with E-state index in [1.807, 2.05) is 50.2 Å². The van der Waals surface area contributed by atoms with E-state index < -0.39 is 0 Å². The second-order valence-electron chi connectivity index (χ2n) is 7.85. The zero-order valence-corrected chi connectivity index (χ0v) is 18.7. The molecule has 4 nitrogen and oxygen atoms in total. The molecule has 0 radical (unpaired) electrons. The van der Waals surface area contributed by atoms with Gasteiger partial charge in [-0.25, -0.2) is 5.43 Å². The van der Waals surface area contributed by atoms with Crippen molar-refractivity contribution >= 4 is 11.6 Å². The first-order valence-corrected chi connectivity index (χ1v) is 11.2. The van der Waals surface area contributed by atoms with Crippen LogP contribution in [-0.2, 0) is 0 Å². The quantitative estimate of drug-likeness (QED) is 0.229. The third-order valence-corrected chi connectivity index (χ3v) is 5.18. The van der Waals surface area contributed by atoms with Crippen molar-refractivity contribution in [2.45, 2.75) is 72.1 Å². The number of carbonyl (C=O) groups excluding carboxylic acids is 1. The summed E-state index contributed by atoms with van der Waals surface area (Å²) in [6.45, 7) is 6.90. The molecule has 0 heterocycles. The highest BCUT2D eigenvalue weighted by atomic mass is 16.5. The molecule has 4 heteroatoms. The van der Waals surface area contributed by atoms with Crippen molar-refractivity contribution in [1.29, 1.82) is 0 Å².